The normalized spacial score (nSPS) is 11.1. The Morgan fingerprint density at radius 3 is 1.33 bits per heavy atom. The van der Waals surface area contributed by atoms with Crippen molar-refractivity contribution in [3.63, 3.8) is 0 Å². The maximum Gasteiger partial charge on any atom is 0.164 e. The zero-order valence-corrected chi connectivity index (χ0v) is 21.7. The number of rotatable bonds is 5. The summed E-state index contributed by atoms with van der Waals surface area (Å²) >= 11 is 1.72. The summed E-state index contributed by atoms with van der Waals surface area (Å²) in [7, 11) is 0. The molecule has 184 valence electrons. The van der Waals surface area contributed by atoms with Crippen molar-refractivity contribution in [2.75, 3.05) is 0 Å². The average Bonchev–Trinajstić information content (AvgIpc) is 3.46. The predicted molar refractivity (Wildman–Crippen MR) is 160 cm³/mol. The number of nitrogens with zero attached hydrogens (tertiary/aromatic N) is 4. The lowest BCUT2D eigenvalue weighted by molar-refractivity contribution is 1.07. The first-order valence-electron chi connectivity index (χ1n) is 12.7. The van der Waals surface area contributed by atoms with E-state index in [1.54, 1.807) is 11.3 Å². The molecular weight excluding hydrogens is 496 g/mol. The number of hydrogen-bond acceptors (Lipinski definition) is 5. The van der Waals surface area contributed by atoms with Crippen LogP contribution in [-0.2, 0) is 0 Å². The topological polar surface area (TPSA) is 51.6 Å². The quantitative estimate of drug-likeness (QED) is 0.228. The lowest BCUT2D eigenvalue weighted by Gasteiger charge is -2.09. The van der Waals surface area contributed by atoms with Gasteiger partial charge in [-0.1, -0.05) is 121 Å². The van der Waals surface area contributed by atoms with E-state index in [9.17, 15) is 0 Å². The van der Waals surface area contributed by atoms with Gasteiger partial charge in [0.1, 0.15) is 5.01 Å². The fourth-order valence-corrected chi connectivity index (χ4v) is 5.51. The summed E-state index contributed by atoms with van der Waals surface area (Å²) in [5, 5.41) is 1.04. The third-order valence-electron chi connectivity index (χ3n) is 6.58. The van der Waals surface area contributed by atoms with Crippen LogP contribution in [0, 0.1) is 0 Å². The maximum atomic E-state index is 4.90. The lowest BCUT2D eigenvalue weighted by Crippen LogP contribution is -2.00. The fourth-order valence-electron chi connectivity index (χ4n) is 4.56. The first-order valence-corrected chi connectivity index (χ1v) is 13.6. The molecule has 0 aliphatic heterocycles. The Morgan fingerprint density at radius 1 is 0.359 bits per heavy atom. The van der Waals surface area contributed by atoms with Crippen molar-refractivity contribution in [3.8, 4) is 55.9 Å². The van der Waals surface area contributed by atoms with E-state index in [2.05, 4.69) is 54.6 Å². The summed E-state index contributed by atoms with van der Waals surface area (Å²) < 4.78 is 1.18. The summed E-state index contributed by atoms with van der Waals surface area (Å²) in [5.74, 6) is 1.97. The molecule has 7 rings (SSSR count). The van der Waals surface area contributed by atoms with Gasteiger partial charge in [0.2, 0.25) is 0 Å². The van der Waals surface area contributed by atoms with E-state index >= 15 is 0 Å². The van der Waals surface area contributed by atoms with Crippen molar-refractivity contribution < 1.29 is 0 Å². The summed E-state index contributed by atoms with van der Waals surface area (Å²) in [6.07, 6.45) is 0. The Kier molecular flexibility index (Phi) is 5.96. The van der Waals surface area contributed by atoms with E-state index in [1.165, 1.54) is 4.70 Å². The Bertz CT molecular complexity index is 1820. The van der Waals surface area contributed by atoms with Crippen molar-refractivity contribution in [1.82, 2.24) is 19.9 Å². The van der Waals surface area contributed by atoms with Gasteiger partial charge in [0.15, 0.2) is 17.5 Å². The second kappa shape index (κ2) is 10.0. The van der Waals surface area contributed by atoms with E-state index in [0.29, 0.717) is 17.5 Å². The van der Waals surface area contributed by atoms with E-state index in [1.807, 2.05) is 78.9 Å². The first-order chi connectivity index (χ1) is 19.3. The van der Waals surface area contributed by atoms with Crippen LogP contribution in [-0.4, -0.2) is 19.9 Å². The molecule has 39 heavy (non-hydrogen) atoms. The third kappa shape index (κ3) is 4.72. The molecule has 5 aromatic carbocycles. The predicted octanol–water partition coefficient (Wildman–Crippen LogP) is 8.82. The molecule has 0 N–H and O–H groups in total. The van der Waals surface area contributed by atoms with Gasteiger partial charge >= 0.3 is 0 Å². The van der Waals surface area contributed by atoms with Crippen LogP contribution in [0.4, 0.5) is 0 Å². The van der Waals surface area contributed by atoms with Gasteiger partial charge in [-0.3, -0.25) is 0 Å². The van der Waals surface area contributed by atoms with Gasteiger partial charge in [-0.05, 0) is 23.3 Å². The Labute approximate surface area is 230 Å². The molecule has 7 aromatic rings. The summed E-state index contributed by atoms with van der Waals surface area (Å²) in [6, 6.07) is 45.3. The SMILES string of the molecule is c1ccc(-c2nc(-c3ccccc3)nc(-c3ccc(-c4ccc5sc(-c6ccccc6)nc5c4)cc3)n2)cc1. The van der Waals surface area contributed by atoms with Crippen molar-refractivity contribution in [2.45, 2.75) is 0 Å². The van der Waals surface area contributed by atoms with Crippen molar-refractivity contribution in [3.05, 3.63) is 133 Å². The molecule has 0 aliphatic carbocycles. The molecule has 5 heteroatoms. The minimum absolute atomic E-state index is 0.650. The maximum absolute atomic E-state index is 4.90. The van der Waals surface area contributed by atoms with Gasteiger partial charge in [0, 0.05) is 22.3 Å². The largest absolute Gasteiger partial charge is 0.236 e. The van der Waals surface area contributed by atoms with Crippen LogP contribution in [0.1, 0.15) is 0 Å². The number of aromatic nitrogens is 4. The summed E-state index contributed by atoms with van der Waals surface area (Å²) in [6.45, 7) is 0. The van der Waals surface area contributed by atoms with Crippen molar-refractivity contribution in [2.24, 2.45) is 0 Å². The highest BCUT2D eigenvalue weighted by atomic mass is 32.1. The van der Waals surface area contributed by atoms with E-state index in [0.717, 1.165) is 43.9 Å². The van der Waals surface area contributed by atoms with E-state index in [4.69, 9.17) is 19.9 Å². The number of thiazole rings is 1. The van der Waals surface area contributed by atoms with E-state index < -0.39 is 0 Å². The number of fused-ring (bicyclic) bond motifs is 1. The highest BCUT2D eigenvalue weighted by molar-refractivity contribution is 7.21. The minimum atomic E-state index is 0.650. The molecule has 2 aromatic heterocycles. The molecule has 0 unspecified atom stereocenters. The Morgan fingerprint density at radius 2 is 0.795 bits per heavy atom. The first kappa shape index (κ1) is 23.1. The van der Waals surface area contributed by atoms with Crippen LogP contribution in [0.3, 0.4) is 0 Å². The van der Waals surface area contributed by atoms with Crippen molar-refractivity contribution in [1.29, 1.82) is 0 Å². The van der Waals surface area contributed by atoms with Gasteiger partial charge in [0.05, 0.1) is 10.2 Å². The van der Waals surface area contributed by atoms with Crippen LogP contribution >= 0.6 is 11.3 Å². The van der Waals surface area contributed by atoms with Crippen LogP contribution in [0.25, 0.3) is 66.1 Å². The van der Waals surface area contributed by atoms with Crippen LogP contribution in [0.5, 0.6) is 0 Å². The van der Waals surface area contributed by atoms with Crippen molar-refractivity contribution >= 4 is 21.6 Å². The smallest absolute Gasteiger partial charge is 0.164 e. The van der Waals surface area contributed by atoms with Crippen LogP contribution < -0.4 is 0 Å². The monoisotopic (exact) mass is 518 g/mol. The molecule has 0 saturated heterocycles. The molecule has 4 nitrogen and oxygen atoms in total. The molecule has 2 heterocycles. The molecule has 0 radical (unpaired) electrons. The summed E-state index contributed by atoms with van der Waals surface area (Å²) in [4.78, 5) is 19.4. The molecule has 0 saturated carbocycles. The third-order valence-corrected chi connectivity index (χ3v) is 7.67. The van der Waals surface area contributed by atoms with Gasteiger partial charge < -0.3 is 0 Å². The van der Waals surface area contributed by atoms with Gasteiger partial charge in [0.25, 0.3) is 0 Å². The number of hydrogen-bond donors (Lipinski definition) is 0. The highest BCUT2D eigenvalue weighted by Gasteiger charge is 2.13. The highest BCUT2D eigenvalue weighted by Crippen LogP contribution is 2.33. The molecular formula is C34H22N4S. The second-order valence-corrected chi connectivity index (χ2v) is 10.2. The lowest BCUT2D eigenvalue weighted by atomic mass is 10.0. The van der Waals surface area contributed by atoms with Gasteiger partial charge in [-0.25, -0.2) is 19.9 Å². The molecule has 0 atom stereocenters. The van der Waals surface area contributed by atoms with Gasteiger partial charge in [-0.15, -0.1) is 11.3 Å². The standard InChI is InChI=1S/C34H22N4S/c1-4-10-24(11-5-1)31-36-32(25-12-6-2-7-13-25)38-33(37-31)26-18-16-23(17-19-26)28-20-21-30-29(22-28)35-34(39-30)27-14-8-3-9-15-27/h1-22H. The zero-order valence-electron chi connectivity index (χ0n) is 20.9. The van der Waals surface area contributed by atoms with Crippen LogP contribution in [0.15, 0.2) is 133 Å². The molecule has 0 spiro atoms. The zero-order chi connectivity index (χ0) is 26.0. The minimum Gasteiger partial charge on any atom is -0.236 e. The number of benzene rings is 5. The molecule has 0 bridgehead atoms. The Balaban J connectivity index is 1.25. The summed E-state index contributed by atoms with van der Waals surface area (Å²) in [5.41, 5.74) is 7.27. The molecule has 0 fully saturated rings. The van der Waals surface area contributed by atoms with Crippen LogP contribution in [0.2, 0.25) is 0 Å². The Hall–Kier alpha value is -5.00. The molecule has 0 aliphatic rings. The van der Waals surface area contributed by atoms with Gasteiger partial charge in [-0.2, -0.15) is 0 Å². The fraction of sp³-hybridized carbons (Fsp3) is 0. The molecule has 0 amide bonds. The second-order valence-electron chi connectivity index (χ2n) is 9.18. The average molecular weight is 519 g/mol. The van der Waals surface area contributed by atoms with E-state index in [-0.39, 0.29) is 0 Å².